The van der Waals surface area contributed by atoms with Gasteiger partial charge in [-0.1, -0.05) is 38.1 Å². The third-order valence-electron chi connectivity index (χ3n) is 7.68. The highest BCUT2D eigenvalue weighted by molar-refractivity contribution is 7.90. The molecule has 220 valence electrons. The number of sulfonamides is 1. The number of nitrogens with zero attached hydrogens (tertiary/aromatic N) is 3. The number of anilines is 1. The Balaban J connectivity index is 1.67. The summed E-state index contributed by atoms with van der Waals surface area (Å²) in [7, 11) is -3.88. The Morgan fingerprint density at radius 1 is 1.07 bits per heavy atom. The molecule has 2 aliphatic heterocycles. The molecule has 2 saturated heterocycles. The smallest absolute Gasteiger partial charge is 0.376 e. The van der Waals surface area contributed by atoms with Crippen LogP contribution in [0.5, 0.6) is 0 Å². The molecule has 13 heteroatoms. The molecule has 4 rings (SSSR count). The van der Waals surface area contributed by atoms with Crippen molar-refractivity contribution in [3.8, 4) is 0 Å². The van der Waals surface area contributed by atoms with Gasteiger partial charge in [0.2, 0.25) is 15.9 Å². The monoisotopic (exact) mass is 600 g/mol. The van der Waals surface area contributed by atoms with Crippen LogP contribution in [-0.4, -0.2) is 86.2 Å². The summed E-state index contributed by atoms with van der Waals surface area (Å²) in [5.74, 6) is -0.0760. The number of thiol groups is 1. The molecular formula is C27H35F3N4O4S2. The van der Waals surface area contributed by atoms with Crippen molar-refractivity contribution in [2.24, 2.45) is 5.92 Å². The summed E-state index contributed by atoms with van der Waals surface area (Å²) in [6.07, 6.45) is -4.85. The van der Waals surface area contributed by atoms with Gasteiger partial charge in [-0.3, -0.25) is 9.69 Å². The molecule has 2 aromatic carbocycles. The number of nitrogens with one attached hydrogen (secondary N) is 1. The van der Waals surface area contributed by atoms with Gasteiger partial charge in [0, 0.05) is 49.9 Å². The maximum atomic E-state index is 13.6. The Bertz CT molecular complexity index is 1320. The summed E-state index contributed by atoms with van der Waals surface area (Å²) in [6, 6.07) is 11.2. The minimum Gasteiger partial charge on any atom is -0.376 e. The lowest BCUT2D eigenvalue weighted by Crippen LogP contribution is -2.63. The van der Waals surface area contributed by atoms with E-state index in [4.69, 9.17) is 0 Å². The summed E-state index contributed by atoms with van der Waals surface area (Å²) in [5.41, 5.74) is -2.70. The molecule has 0 unspecified atom stereocenters. The fourth-order valence-corrected chi connectivity index (χ4v) is 7.49. The summed E-state index contributed by atoms with van der Waals surface area (Å²) < 4.78 is 68.8. The Morgan fingerprint density at radius 2 is 1.73 bits per heavy atom. The van der Waals surface area contributed by atoms with E-state index < -0.39 is 33.9 Å². The van der Waals surface area contributed by atoms with Gasteiger partial charge in [-0.05, 0) is 42.7 Å². The van der Waals surface area contributed by atoms with Crippen LogP contribution in [0, 0.1) is 5.92 Å². The summed E-state index contributed by atoms with van der Waals surface area (Å²) >= 11 is 4.34. The molecule has 0 radical (unpaired) electrons. The number of hydrogen-bond donors (Lipinski definition) is 3. The van der Waals surface area contributed by atoms with Crippen molar-refractivity contribution in [1.29, 1.82) is 0 Å². The first-order valence-electron chi connectivity index (χ1n) is 13.1. The second-order valence-electron chi connectivity index (χ2n) is 10.8. The number of alkyl halides is 3. The van der Waals surface area contributed by atoms with Crippen molar-refractivity contribution in [3.63, 3.8) is 0 Å². The summed E-state index contributed by atoms with van der Waals surface area (Å²) in [5, 5.41) is 13.0. The van der Waals surface area contributed by atoms with E-state index in [1.165, 1.54) is 34.6 Å². The lowest BCUT2D eigenvalue weighted by molar-refractivity contribution is -0.258. The molecule has 2 N–H and O–H groups in total. The molecule has 2 aliphatic rings. The number of halogens is 3. The van der Waals surface area contributed by atoms with Gasteiger partial charge in [0.15, 0.2) is 5.60 Å². The van der Waals surface area contributed by atoms with E-state index in [0.717, 1.165) is 0 Å². The van der Waals surface area contributed by atoms with Crippen molar-refractivity contribution in [3.05, 3.63) is 54.1 Å². The molecule has 0 aliphatic carbocycles. The molecular weight excluding hydrogens is 565 g/mol. The SMILES string of the molecule is CC(C)[C@@H]1C(=O)NCCN1C[C@H]1CN(S(=O)(=O)c2ccccc2S)CCN1c1ccc([C@@](C)(O)C(F)(F)F)cc1. The van der Waals surface area contributed by atoms with E-state index in [2.05, 4.69) is 17.9 Å². The molecule has 2 heterocycles. The summed E-state index contributed by atoms with van der Waals surface area (Å²) in [4.78, 5) is 17.1. The Labute approximate surface area is 238 Å². The molecule has 0 aromatic heterocycles. The predicted molar refractivity (Wildman–Crippen MR) is 149 cm³/mol. The van der Waals surface area contributed by atoms with Gasteiger partial charge in [-0.25, -0.2) is 8.42 Å². The van der Waals surface area contributed by atoms with Gasteiger partial charge in [-0.15, -0.1) is 12.6 Å². The van der Waals surface area contributed by atoms with Crippen molar-refractivity contribution < 1.29 is 31.5 Å². The van der Waals surface area contributed by atoms with E-state index in [1.54, 1.807) is 18.2 Å². The lowest BCUT2D eigenvalue weighted by Gasteiger charge is -2.46. The second-order valence-corrected chi connectivity index (χ2v) is 13.2. The minimum absolute atomic E-state index is 0.0112. The zero-order valence-electron chi connectivity index (χ0n) is 22.6. The van der Waals surface area contributed by atoms with Crippen LogP contribution in [0.4, 0.5) is 18.9 Å². The largest absolute Gasteiger partial charge is 0.421 e. The average Bonchev–Trinajstić information content (AvgIpc) is 2.88. The van der Waals surface area contributed by atoms with Crippen LogP contribution < -0.4 is 10.2 Å². The number of rotatable bonds is 7. The van der Waals surface area contributed by atoms with Crippen molar-refractivity contribution in [2.75, 3.05) is 44.2 Å². The number of hydrogen-bond acceptors (Lipinski definition) is 7. The maximum absolute atomic E-state index is 13.6. The van der Waals surface area contributed by atoms with Gasteiger partial charge in [0.05, 0.1) is 17.0 Å². The number of carbonyl (C=O) groups is 1. The van der Waals surface area contributed by atoms with E-state index in [0.29, 0.717) is 37.1 Å². The van der Waals surface area contributed by atoms with Crippen molar-refractivity contribution in [2.45, 2.75) is 54.4 Å². The number of piperazine rings is 2. The van der Waals surface area contributed by atoms with E-state index in [1.807, 2.05) is 23.6 Å². The van der Waals surface area contributed by atoms with E-state index in [9.17, 15) is 31.5 Å². The molecule has 2 fully saturated rings. The standard InChI is InChI=1S/C27H35F3N4O4S2/c1-18(2)24-25(35)31-12-13-32(24)16-21-17-33(40(37,38)23-7-5-4-6-22(23)39)14-15-34(21)20-10-8-19(9-11-20)26(3,36)27(28,29)30/h4-11,18,21,24,36,39H,12-17H2,1-3H3,(H,31,35)/t21-,24+,26+/m0/s1. The zero-order chi connectivity index (χ0) is 29.5. The summed E-state index contributed by atoms with van der Waals surface area (Å²) in [6.45, 7) is 6.56. The third-order valence-corrected chi connectivity index (χ3v) is 10.1. The maximum Gasteiger partial charge on any atom is 0.421 e. The second kappa shape index (κ2) is 11.5. The highest BCUT2D eigenvalue weighted by Crippen LogP contribution is 2.39. The van der Waals surface area contributed by atoms with E-state index in [-0.39, 0.29) is 41.9 Å². The van der Waals surface area contributed by atoms with Crippen LogP contribution in [0.2, 0.25) is 0 Å². The number of amides is 1. The van der Waals surface area contributed by atoms with Gasteiger partial charge >= 0.3 is 6.18 Å². The minimum atomic E-state index is -4.85. The topological polar surface area (TPSA) is 93.2 Å². The molecule has 2 aromatic rings. The first-order chi connectivity index (χ1) is 18.6. The first kappa shape index (κ1) is 30.6. The van der Waals surface area contributed by atoms with Crippen LogP contribution in [0.3, 0.4) is 0 Å². The van der Waals surface area contributed by atoms with Crippen molar-refractivity contribution in [1.82, 2.24) is 14.5 Å². The molecule has 8 nitrogen and oxygen atoms in total. The highest BCUT2D eigenvalue weighted by atomic mass is 32.2. The van der Waals surface area contributed by atoms with Gasteiger partial charge in [0.1, 0.15) is 0 Å². The first-order valence-corrected chi connectivity index (χ1v) is 15.0. The Hall–Kier alpha value is -2.32. The number of aliphatic hydroxyl groups is 1. The van der Waals surface area contributed by atoms with Crippen LogP contribution in [-0.2, 0) is 20.4 Å². The Kier molecular flexibility index (Phi) is 8.82. The number of benzene rings is 2. The molecule has 0 spiro atoms. The molecule has 0 saturated carbocycles. The lowest BCUT2D eigenvalue weighted by atomic mass is 9.95. The quantitative estimate of drug-likeness (QED) is 0.424. The Morgan fingerprint density at radius 3 is 2.33 bits per heavy atom. The highest BCUT2D eigenvalue weighted by Gasteiger charge is 2.51. The molecule has 0 bridgehead atoms. The van der Waals surface area contributed by atoms with Gasteiger partial charge in [0.25, 0.3) is 0 Å². The van der Waals surface area contributed by atoms with Crippen LogP contribution in [0.1, 0.15) is 26.3 Å². The van der Waals surface area contributed by atoms with Gasteiger partial charge < -0.3 is 15.3 Å². The van der Waals surface area contributed by atoms with Crippen LogP contribution in [0.25, 0.3) is 0 Å². The normalized spacial score (nSPS) is 23.2. The van der Waals surface area contributed by atoms with Crippen LogP contribution in [0.15, 0.2) is 58.3 Å². The average molecular weight is 601 g/mol. The van der Waals surface area contributed by atoms with Gasteiger partial charge in [-0.2, -0.15) is 17.5 Å². The van der Waals surface area contributed by atoms with Crippen molar-refractivity contribution >= 4 is 34.2 Å². The zero-order valence-corrected chi connectivity index (χ0v) is 24.3. The molecule has 40 heavy (non-hydrogen) atoms. The molecule has 1 amide bonds. The van der Waals surface area contributed by atoms with Crippen LogP contribution >= 0.6 is 12.6 Å². The fourth-order valence-electron chi connectivity index (χ4n) is 5.43. The predicted octanol–water partition coefficient (Wildman–Crippen LogP) is 3.08. The number of carbonyl (C=O) groups excluding carboxylic acids is 1. The molecule has 3 atom stereocenters. The third kappa shape index (κ3) is 5.98. The fraction of sp³-hybridized carbons (Fsp3) is 0.519. The van der Waals surface area contributed by atoms with E-state index >= 15 is 0 Å².